The first-order valence-corrected chi connectivity index (χ1v) is 5.19. The number of halogens is 1. The molecule has 1 N–H and O–H groups in total. The maximum Gasteiger partial charge on any atom is 0.177 e. The number of hydrogen-bond donors (Lipinski definition) is 1. The standard InChI is InChI=1S/C10H11ClN4O/c1-15-13-10(12-14-15)6-9(16)7-2-4-8(11)5-3-7/h2-5,9,16H,6H2,1H3. The lowest BCUT2D eigenvalue weighted by atomic mass is 10.1. The van der Waals surface area contributed by atoms with Crippen LogP contribution in [0.2, 0.25) is 5.02 Å². The molecule has 16 heavy (non-hydrogen) atoms. The van der Waals surface area contributed by atoms with E-state index in [1.54, 1.807) is 31.3 Å². The first-order chi connectivity index (χ1) is 7.65. The highest BCUT2D eigenvalue weighted by Gasteiger charge is 2.11. The minimum Gasteiger partial charge on any atom is -0.388 e. The van der Waals surface area contributed by atoms with Crippen molar-refractivity contribution in [1.82, 2.24) is 20.2 Å². The zero-order valence-corrected chi connectivity index (χ0v) is 9.46. The molecule has 0 aliphatic heterocycles. The summed E-state index contributed by atoms with van der Waals surface area (Å²) in [5, 5.41) is 22.1. The molecule has 84 valence electrons. The Kier molecular flexibility index (Phi) is 3.17. The summed E-state index contributed by atoms with van der Waals surface area (Å²) in [6, 6.07) is 7.04. The molecular weight excluding hydrogens is 228 g/mol. The molecule has 0 aliphatic rings. The second-order valence-corrected chi connectivity index (χ2v) is 3.90. The fourth-order valence-electron chi connectivity index (χ4n) is 1.38. The Labute approximate surface area is 97.7 Å². The highest BCUT2D eigenvalue weighted by molar-refractivity contribution is 6.30. The van der Waals surface area contributed by atoms with Gasteiger partial charge in [-0.05, 0) is 22.9 Å². The van der Waals surface area contributed by atoms with Crippen LogP contribution in [0.25, 0.3) is 0 Å². The fourth-order valence-corrected chi connectivity index (χ4v) is 1.51. The summed E-state index contributed by atoms with van der Waals surface area (Å²) in [6.07, 6.45) is -0.295. The lowest BCUT2D eigenvalue weighted by molar-refractivity contribution is 0.175. The van der Waals surface area contributed by atoms with Crippen LogP contribution in [0.4, 0.5) is 0 Å². The van der Waals surface area contributed by atoms with Crippen molar-refractivity contribution in [2.24, 2.45) is 7.05 Å². The van der Waals surface area contributed by atoms with E-state index in [1.807, 2.05) is 0 Å². The Morgan fingerprint density at radius 1 is 1.38 bits per heavy atom. The minimum absolute atomic E-state index is 0.343. The molecule has 0 aliphatic carbocycles. The van der Waals surface area contributed by atoms with Gasteiger partial charge in [0.2, 0.25) is 0 Å². The molecule has 5 nitrogen and oxygen atoms in total. The molecule has 1 unspecified atom stereocenters. The second-order valence-electron chi connectivity index (χ2n) is 3.47. The molecule has 0 amide bonds. The van der Waals surface area contributed by atoms with Crippen LogP contribution in [-0.2, 0) is 13.5 Å². The summed E-state index contributed by atoms with van der Waals surface area (Å²) >= 11 is 5.76. The van der Waals surface area contributed by atoms with Gasteiger partial charge < -0.3 is 5.11 Å². The Bertz CT molecular complexity index is 468. The predicted octanol–water partition coefficient (Wildman–Crippen LogP) is 1.14. The van der Waals surface area contributed by atoms with Crippen LogP contribution in [-0.4, -0.2) is 25.3 Å². The largest absolute Gasteiger partial charge is 0.388 e. The second kappa shape index (κ2) is 4.59. The smallest absolute Gasteiger partial charge is 0.177 e. The average Bonchev–Trinajstić information content (AvgIpc) is 2.65. The van der Waals surface area contributed by atoms with Crippen molar-refractivity contribution in [3.05, 3.63) is 40.7 Å². The zero-order chi connectivity index (χ0) is 11.5. The van der Waals surface area contributed by atoms with Crippen LogP contribution in [0.3, 0.4) is 0 Å². The average molecular weight is 239 g/mol. The van der Waals surface area contributed by atoms with Crippen molar-refractivity contribution in [3.63, 3.8) is 0 Å². The van der Waals surface area contributed by atoms with Crippen molar-refractivity contribution >= 4 is 11.6 Å². The normalized spacial score (nSPS) is 12.7. The number of tetrazole rings is 1. The molecule has 0 saturated carbocycles. The van der Waals surface area contributed by atoms with Gasteiger partial charge in [0.1, 0.15) is 0 Å². The number of aryl methyl sites for hydroxylation is 1. The summed E-state index contributed by atoms with van der Waals surface area (Å²) in [5.41, 5.74) is 0.789. The number of aromatic nitrogens is 4. The molecule has 2 aromatic rings. The lowest BCUT2D eigenvalue weighted by Gasteiger charge is -2.07. The topological polar surface area (TPSA) is 63.8 Å². The van der Waals surface area contributed by atoms with E-state index in [0.29, 0.717) is 17.3 Å². The van der Waals surface area contributed by atoms with E-state index >= 15 is 0 Å². The van der Waals surface area contributed by atoms with E-state index < -0.39 is 6.10 Å². The number of hydrogen-bond acceptors (Lipinski definition) is 4. The first-order valence-electron chi connectivity index (χ1n) is 4.81. The molecule has 1 atom stereocenters. The number of benzene rings is 1. The zero-order valence-electron chi connectivity index (χ0n) is 8.71. The number of aliphatic hydroxyl groups excluding tert-OH is 1. The van der Waals surface area contributed by atoms with E-state index in [2.05, 4.69) is 15.4 Å². The summed E-state index contributed by atoms with van der Waals surface area (Å²) in [7, 11) is 1.69. The van der Waals surface area contributed by atoms with Gasteiger partial charge >= 0.3 is 0 Å². The van der Waals surface area contributed by atoms with Crippen molar-refractivity contribution in [3.8, 4) is 0 Å². The van der Waals surface area contributed by atoms with Crippen molar-refractivity contribution in [2.45, 2.75) is 12.5 Å². The number of nitrogens with zero attached hydrogens (tertiary/aromatic N) is 4. The van der Waals surface area contributed by atoms with E-state index in [-0.39, 0.29) is 0 Å². The third kappa shape index (κ3) is 2.56. The van der Waals surface area contributed by atoms with Gasteiger partial charge in [0.05, 0.1) is 13.2 Å². The van der Waals surface area contributed by atoms with Crippen LogP contribution >= 0.6 is 11.6 Å². The molecular formula is C10H11ClN4O. The number of aliphatic hydroxyl groups is 1. The van der Waals surface area contributed by atoms with Crippen molar-refractivity contribution < 1.29 is 5.11 Å². The highest BCUT2D eigenvalue weighted by Crippen LogP contribution is 2.18. The Morgan fingerprint density at radius 2 is 2.06 bits per heavy atom. The molecule has 1 heterocycles. The molecule has 0 spiro atoms. The molecule has 1 aromatic heterocycles. The van der Waals surface area contributed by atoms with Gasteiger partial charge in [-0.3, -0.25) is 0 Å². The molecule has 0 bridgehead atoms. The highest BCUT2D eigenvalue weighted by atomic mass is 35.5. The van der Waals surface area contributed by atoms with Gasteiger partial charge in [-0.1, -0.05) is 23.7 Å². The third-order valence-corrected chi connectivity index (χ3v) is 2.43. The van der Waals surface area contributed by atoms with Crippen LogP contribution in [0.15, 0.2) is 24.3 Å². The monoisotopic (exact) mass is 238 g/mol. The fraction of sp³-hybridized carbons (Fsp3) is 0.300. The maximum absolute atomic E-state index is 9.91. The van der Waals surface area contributed by atoms with E-state index in [4.69, 9.17) is 11.6 Å². The Morgan fingerprint density at radius 3 is 2.62 bits per heavy atom. The molecule has 2 rings (SSSR count). The van der Waals surface area contributed by atoms with Crippen LogP contribution in [0.1, 0.15) is 17.5 Å². The SMILES string of the molecule is Cn1nnc(CC(O)c2ccc(Cl)cc2)n1. The molecule has 6 heteroatoms. The predicted molar refractivity (Wildman–Crippen MR) is 58.9 cm³/mol. The third-order valence-electron chi connectivity index (χ3n) is 2.18. The van der Waals surface area contributed by atoms with Crippen LogP contribution < -0.4 is 0 Å². The van der Waals surface area contributed by atoms with Crippen LogP contribution in [0.5, 0.6) is 0 Å². The molecule has 0 radical (unpaired) electrons. The van der Waals surface area contributed by atoms with Gasteiger partial charge in [-0.2, -0.15) is 4.80 Å². The Balaban J connectivity index is 2.08. The summed E-state index contributed by atoms with van der Waals surface area (Å²) < 4.78 is 0. The number of rotatable bonds is 3. The van der Waals surface area contributed by atoms with Gasteiger partial charge in [0.25, 0.3) is 0 Å². The van der Waals surface area contributed by atoms with Gasteiger partial charge in [0.15, 0.2) is 5.82 Å². The summed E-state index contributed by atoms with van der Waals surface area (Å²) in [4.78, 5) is 1.36. The quantitative estimate of drug-likeness (QED) is 0.871. The first kappa shape index (κ1) is 11.0. The molecule has 1 aromatic carbocycles. The van der Waals surface area contributed by atoms with Gasteiger partial charge in [0, 0.05) is 11.4 Å². The Hall–Kier alpha value is -1.46. The minimum atomic E-state index is -0.638. The molecule has 0 fully saturated rings. The van der Waals surface area contributed by atoms with Crippen molar-refractivity contribution in [2.75, 3.05) is 0 Å². The summed E-state index contributed by atoms with van der Waals surface area (Å²) in [6.45, 7) is 0. The molecule has 0 saturated heterocycles. The van der Waals surface area contributed by atoms with E-state index in [9.17, 15) is 5.11 Å². The van der Waals surface area contributed by atoms with Gasteiger partial charge in [-0.15, -0.1) is 10.2 Å². The van der Waals surface area contributed by atoms with E-state index in [1.165, 1.54) is 4.80 Å². The van der Waals surface area contributed by atoms with Crippen molar-refractivity contribution in [1.29, 1.82) is 0 Å². The van der Waals surface area contributed by atoms with Gasteiger partial charge in [-0.25, -0.2) is 0 Å². The maximum atomic E-state index is 9.91. The van der Waals surface area contributed by atoms with E-state index in [0.717, 1.165) is 5.56 Å². The summed E-state index contributed by atoms with van der Waals surface area (Å²) in [5.74, 6) is 0.518. The lowest BCUT2D eigenvalue weighted by Crippen LogP contribution is -2.03. The van der Waals surface area contributed by atoms with Crippen LogP contribution in [0, 0.1) is 0 Å².